The number of nitrogens with one attached hydrogen (secondary N) is 1. The molecule has 4 heteroatoms. The molecule has 0 bridgehead atoms. The summed E-state index contributed by atoms with van der Waals surface area (Å²) in [6.07, 6.45) is 3.51. The van der Waals surface area contributed by atoms with Gasteiger partial charge in [-0.2, -0.15) is 0 Å². The number of rotatable bonds is 7. The number of nitrogens with zero attached hydrogens (tertiary/aromatic N) is 1. The van der Waals surface area contributed by atoms with Gasteiger partial charge in [-0.1, -0.05) is 31.5 Å². The highest BCUT2D eigenvalue weighted by Crippen LogP contribution is 2.20. The highest BCUT2D eigenvalue weighted by atomic mass is 16.5. The summed E-state index contributed by atoms with van der Waals surface area (Å²) in [5.41, 5.74) is 1.14. The Morgan fingerprint density at radius 3 is 2.81 bits per heavy atom. The van der Waals surface area contributed by atoms with Crippen LogP contribution in [-0.2, 0) is 11.2 Å². The van der Waals surface area contributed by atoms with E-state index in [9.17, 15) is 4.79 Å². The van der Waals surface area contributed by atoms with Crippen LogP contribution >= 0.6 is 0 Å². The molecular weight excluding hydrogens is 264 g/mol. The third-order valence-corrected chi connectivity index (χ3v) is 3.81. The van der Waals surface area contributed by atoms with E-state index in [0.717, 1.165) is 63.4 Å². The van der Waals surface area contributed by atoms with Crippen molar-refractivity contribution in [1.29, 1.82) is 0 Å². The lowest BCUT2D eigenvalue weighted by Crippen LogP contribution is -2.46. The molecule has 1 saturated heterocycles. The molecule has 21 heavy (non-hydrogen) atoms. The van der Waals surface area contributed by atoms with Crippen molar-refractivity contribution in [3.8, 4) is 5.75 Å². The minimum absolute atomic E-state index is 0.250. The standard InChI is InChI=1S/C17H26N2O2/c1-2-3-14-21-16-7-5-4-6-15(16)8-9-17(20)19-12-10-18-11-13-19/h4-7,18H,2-3,8-14H2,1H3. The Morgan fingerprint density at radius 2 is 2.05 bits per heavy atom. The summed E-state index contributed by atoms with van der Waals surface area (Å²) in [5, 5.41) is 3.27. The summed E-state index contributed by atoms with van der Waals surface area (Å²) in [7, 11) is 0. The summed E-state index contributed by atoms with van der Waals surface area (Å²) < 4.78 is 5.82. The molecule has 1 aromatic rings. The van der Waals surface area contributed by atoms with Gasteiger partial charge in [-0.3, -0.25) is 4.79 Å². The summed E-state index contributed by atoms with van der Waals surface area (Å²) in [4.78, 5) is 14.2. The molecule has 1 amide bonds. The van der Waals surface area contributed by atoms with Crippen LogP contribution in [0.25, 0.3) is 0 Å². The Bertz CT molecular complexity index is 442. The molecule has 1 aromatic carbocycles. The van der Waals surface area contributed by atoms with Gasteiger partial charge >= 0.3 is 0 Å². The molecule has 116 valence electrons. The van der Waals surface area contributed by atoms with Crippen LogP contribution < -0.4 is 10.1 Å². The number of hydrogen-bond acceptors (Lipinski definition) is 3. The van der Waals surface area contributed by atoms with E-state index in [1.165, 1.54) is 0 Å². The van der Waals surface area contributed by atoms with E-state index in [0.29, 0.717) is 6.42 Å². The second-order valence-electron chi connectivity index (χ2n) is 5.44. The molecule has 0 aromatic heterocycles. The number of para-hydroxylation sites is 1. The van der Waals surface area contributed by atoms with E-state index in [-0.39, 0.29) is 5.91 Å². The van der Waals surface area contributed by atoms with Gasteiger partial charge in [-0.15, -0.1) is 0 Å². The molecule has 1 aliphatic heterocycles. The molecule has 0 saturated carbocycles. The zero-order valence-electron chi connectivity index (χ0n) is 12.9. The normalized spacial score (nSPS) is 15.0. The molecule has 0 atom stereocenters. The van der Waals surface area contributed by atoms with Crippen LogP contribution in [0.3, 0.4) is 0 Å². The molecule has 2 rings (SSSR count). The molecule has 1 fully saturated rings. The van der Waals surface area contributed by atoms with Gasteiger partial charge in [0.05, 0.1) is 6.61 Å². The predicted octanol–water partition coefficient (Wildman–Crippen LogP) is 2.23. The van der Waals surface area contributed by atoms with Crippen molar-refractivity contribution in [1.82, 2.24) is 10.2 Å². The lowest BCUT2D eigenvalue weighted by Gasteiger charge is -2.27. The second-order valence-corrected chi connectivity index (χ2v) is 5.44. The highest BCUT2D eigenvalue weighted by molar-refractivity contribution is 5.76. The quantitative estimate of drug-likeness (QED) is 0.783. The fourth-order valence-electron chi connectivity index (χ4n) is 2.49. The Labute approximate surface area is 127 Å². The van der Waals surface area contributed by atoms with Gasteiger partial charge in [-0.05, 0) is 24.5 Å². The minimum Gasteiger partial charge on any atom is -0.493 e. The van der Waals surface area contributed by atoms with Gasteiger partial charge in [0.1, 0.15) is 5.75 Å². The molecule has 0 aliphatic carbocycles. The van der Waals surface area contributed by atoms with Gasteiger partial charge in [0.2, 0.25) is 5.91 Å². The van der Waals surface area contributed by atoms with Crippen LogP contribution in [0, 0.1) is 0 Å². The van der Waals surface area contributed by atoms with Crippen LogP contribution in [0.1, 0.15) is 31.7 Å². The summed E-state index contributed by atoms with van der Waals surface area (Å²) in [5.74, 6) is 1.18. The average molecular weight is 290 g/mol. The molecule has 4 nitrogen and oxygen atoms in total. The molecule has 0 radical (unpaired) electrons. The van der Waals surface area contributed by atoms with Gasteiger partial charge in [0.25, 0.3) is 0 Å². The van der Waals surface area contributed by atoms with Crippen molar-refractivity contribution < 1.29 is 9.53 Å². The van der Waals surface area contributed by atoms with Crippen molar-refractivity contribution >= 4 is 5.91 Å². The Kier molecular flexibility index (Phi) is 6.54. The third-order valence-electron chi connectivity index (χ3n) is 3.81. The molecule has 1 heterocycles. The summed E-state index contributed by atoms with van der Waals surface area (Å²) in [6, 6.07) is 8.06. The lowest BCUT2D eigenvalue weighted by molar-refractivity contribution is -0.131. The average Bonchev–Trinajstić information content (AvgIpc) is 2.54. The monoisotopic (exact) mass is 290 g/mol. The van der Waals surface area contributed by atoms with Gasteiger partial charge < -0.3 is 15.0 Å². The number of benzene rings is 1. The topological polar surface area (TPSA) is 41.6 Å². The first kappa shape index (κ1) is 15.8. The van der Waals surface area contributed by atoms with E-state index in [1.54, 1.807) is 0 Å². The van der Waals surface area contributed by atoms with Gasteiger partial charge in [0.15, 0.2) is 0 Å². The van der Waals surface area contributed by atoms with Gasteiger partial charge in [0, 0.05) is 32.6 Å². The number of carbonyl (C=O) groups is 1. The Balaban J connectivity index is 1.85. The maximum Gasteiger partial charge on any atom is 0.222 e. The third kappa shape index (κ3) is 5.05. The first-order valence-electron chi connectivity index (χ1n) is 8.00. The highest BCUT2D eigenvalue weighted by Gasteiger charge is 2.16. The first-order valence-corrected chi connectivity index (χ1v) is 8.00. The number of carbonyl (C=O) groups excluding carboxylic acids is 1. The number of hydrogen-bond donors (Lipinski definition) is 1. The molecular formula is C17H26N2O2. The minimum atomic E-state index is 0.250. The zero-order chi connectivity index (χ0) is 14.9. The van der Waals surface area contributed by atoms with E-state index in [4.69, 9.17) is 4.74 Å². The van der Waals surface area contributed by atoms with Crippen LogP contribution in [0.15, 0.2) is 24.3 Å². The first-order chi connectivity index (χ1) is 10.3. The second kappa shape index (κ2) is 8.67. The van der Waals surface area contributed by atoms with E-state index in [2.05, 4.69) is 18.3 Å². The lowest BCUT2D eigenvalue weighted by atomic mass is 10.1. The van der Waals surface area contributed by atoms with Crippen LogP contribution in [0.5, 0.6) is 5.75 Å². The van der Waals surface area contributed by atoms with Crippen molar-refractivity contribution in [3.63, 3.8) is 0 Å². The fraction of sp³-hybridized carbons (Fsp3) is 0.588. The van der Waals surface area contributed by atoms with E-state index < -0.39 is 0 Å². The molecule has 0 spiro atoms. The molecule has 1 N–H and O–H groups in total. The van der Waals surface area contributed by atoms with Crippen molar-refractivity contribution in [2.24, 2.45) is 0 Å². The van der Waals surface area contributed by atoms with Crippen molar-refractivity contribution in [2.75, 3.05) is 32.8 Å². The van der Waals surface area contributed by atoms with Crippen LogP contribution in [-0.4, -0.2) is 43.6 Å². The summed E-state index contributed by atoms with van der Waals surface area (Å²) in [6.45, 7) is 6.37. The number of unbranched alkanes of at least 4 members (excludes halogenated alkanes) is 1. The Hall–Kier alpha value is -1.55. The van der Waals surface area contributed by atoms with E-state index in [1.807, 2.05) is 23.1 Å². The smallest absolute Gasteiger partial charge is 0.222 e. The predicted molar refractivity (Wildman–Crippen MR) is 84.6 cm³/mol. The number of amides is 1. The summed E-state index contributed by atoms with van der Waals surface area (Å²) >= 11 is 0. The van der Waals surface area contributed by atoms with Crippen LogP contribution in [0.4, 0.5) is 0 Å². The maximum absolute atomic E-state index is 12.2. The molecule has 0 unspecified atom stereocenters. The number of piperazine rings is 1. The largest absolute Gasteiger partial charge is 0.493 e. The fourth-order valence-corrected chi connectivity index (χ4v) is 2.49. The van der Waals surface area contributed by atoms with Crippen molar-refractivity contribution in [2.45, 2.75) is 32.6 Å². The molecule has 1 aliphatic rings. The van der Waals surface area contributed by atoms with E-state index >= 15 is 0 Å². The Morgan fingerprint density at radius 1 is 1.29 bits per heavy atom. The van der Waals surface area contributed by atoms with Gasteiger partial charge in [-0.25, -0.2) is 0 Å². The SMILES string of the molecule is CCCCOc1ccccc1CCC(=O)N1CCNCC1. The van der Waals surface area contributed by atoms with Crippen LogP contribution in [0.2, 0.25) is 0 Å². The number of aryl methyl sites for hydroxylation is 1. The number of ether oxygens (including phenoxy) is 1. The maximum atomic E-state index is 12.2. The van der Waals surface area contributed by atoms with Crippen molar-refractivity contribution in [3.05, 3.63) is 29.8 Å². The zero-order valence-corrected chi connectivity index (χ0v) is 12.9.